The zero-order valence-electron chi connectivity index (χ0n) is 13.0. The van der Waals surface area contributed by atoms with Crippen molar-refractivity contribution in [1.82, 2.24) is 4.90 Å². The van der Waals surface area contributed by atoms with Gasteiger partial charge in [0.15, 0.2) is 0 Å². The average molecular weight is 295 g/mol. The van der Waals surface area contributed by atoms with Crippen molar-refractivity contribution in [2.75, 3.05) is 6.54 Å². The van der Waals surface area contributed by atoms with Crippen LogP contribution in [0.1, 0.15) is 40.8 Å². The second-order valence-corrected chi connectivity index (χ2v) is 5.98. The Morgan fingerprint density at radius 2 is 1.95 bits per heavy atom. The minimum atomic E-state index is -0.626. The number of rotatable bonds is 2. The van der Waals surface area contributed by atoms with Crippen molar-refractivity contribution in [2.24, 2.45) is 0 Å². The van der Waals surface area contributed by atoms with Crippen molar-refractivity contribution in [3.05, 3.63) is 70.3 Å². The van der Waals surface area contributed by atoms with Crippen LogP contribution in [0.4, 0.5) is 0 Å². The molecule has 0 aliphatic carbocycles. The molecule has 1 unspecified atom stereocenters. The second kappa shape index (κ2) is 5.93. The molecule has 1 heterocycles. The third kappa shape index (κ3) is 2.77. The molecule has 114 valence electrons. The van der Waals surface area contributed by atoms with Gasteiger partial charge in [0, 0.05) is 20.0 Å². The van der Waals surface area contributed by atoms with E-state index < -0.39 is 6.10 Å². The highest BCUT2D eigenvalue weighted by atomic mass is 16.3. The number of carbonyl (C=O) groups is 1. The molecule has 0 fully saturated rings. The fourth-order valence-electron chi connectivity index (χ4n) is 3.09. The van der Waals surface area contributed by atoms with Crippen molar-refractivity contribution in [2.45, 2.75) is 32.9 Å². The van der Waals surface area contributed by atoms with E-state index in [1.54, 1.807) is 6.92 Å². The first kappa shape index (κ1) is 14.8. The monoisotopic (exact) mass is 295 g/mol. The number of nitrogens with zero attached hydrogens (tertiary/aromatic N) is 1. The van der Waals surface area contributed by atoms with Crippen LogP contribution in [0.2, 0.25) is 0 Å². The van der Waals surface area contributed by atoms with E-state index in [2.05, 4.69) is 6.07 Å². The first-order chi connectivity index (χ1) is 10.6. The Hall–Kier alpha value is -2.13. The maximum Gasteiger partial charge on any atom is 0.219 e. The SMILES string of the molecule is CC(=O)N1CCc2ccc(C(O)c3ccccc3C)cc2C1. The van der Waals surface area contributed by atoms with Crippen LogP contribution in [0.5, 0.6) is 0 Å². The molecule has 1 N–H and O–H groups in total. The Bertz CT molecular complexity index is 708. The highest BCUT2D eigenvalue weighted by Crippen LogP contribution is 2.28. The summed E-state index contributed by atoms with van der Waals surface area (Å²) in [5.41, 5.74) is 5.32. The summed E-state index contributed by atoms with van der Waals surface area (Å²) in [6.07, 6.45) is 0.259. The highest BCUT2D eigenvalue weighted by molar-refractivity contribution is 5.73. The molecule has 3 heteroatoms. The maximum atomic E-state index is 11.6. The van der Waals surface area contributed by atoms with Gasteiger partial charge < -0.3 is 10.0 Å². The Morgan fingerprint density at radius 1 is 1.18 bits per heavy atom. The standard InChI is InChI=1S/C19H21NO2/c1-13-5-3-4-6-18(13)19(22)16-8-7-15-9-10-20(14(2)21)12-17(15)11-16/h3-8,11,19,22H,9-10,12H2,1-2H3. The topological polar surface area (TPSA) is 40.5 Å². The molecule has 1 amide bonds. The summed E-state index contributed by atoms with van der Waals surface area (Å²) < 4.78 is 0. The van der Waals surface area contributed by atoms with Gasteiger partial charge in [-0.05, 0) is 41.2 Å². The number of amides is 1. The lowest BCUT2D eigenvalue weighted by Gasteiger charge is -2.28. The summed E-state index contributed by atoms with van der Waals surface area (Å²) in [4.78, 5) is 13.4. The predicted molar refractivity (Wildman–Crippen MR) is 86.5 cm³/mol. The van der Waals surface area contributed by atoms with Gasteiger partial charge in [-0.3, -0.25) is 4.79 Å². The molecule has 2 aromatic carbocycles. The van der Waals surface area contributed by atoms with Crippen LogP contribution in [-0.2, 0) is 17.8 Å². The average Bonchev–Trinajstić information content (AvgIpc) is 2.53. The second-order valence-electron chi connectivity index (χ2n) is 5.98. The maximum absolute atomic E-state index is 11.6. The molecule has 0 radical (unpaired) electrons. The largest absolute Gasteiger partial charge is 0.384 e. The Labute approximate surface area is 131 Å². The number of hydrogen-bond donors (Lipinski definition) is 1. The molecule has 3 nitrogen and oxygen atoms in total. The number of benzene rings is 2. The Kier molecular flexibility index (Phi) is 3.99. The molecule has 1 atom stereocenters. The van der Waals surface area contributed by atoms with E-state index >= 15 is 0 Å². The van der Waals surface area contributed by atoms with Gasteiger partial charge in [0.25, 0.3) is 0 Å². The van der Waals surface area contributed by atoms with Crippen LogP contribution in [-0.4, -0.2) is 22.5 Å². The molecular weight excluding hydrogens is 274 g/mol. The number of carbonyl (C=O) groups excluding carboxylic acids is 1. The normalized spacial score (nSPS) is 15.3. The summed E-state index contributed by atoms with van der Waals surface area (Å²) in [7, 11) is 0. The smallest absolute Gasteiger partial charge is 0.219 e. The van der Waals surface area contributed by atoms with Crippen molar-refractivity contribution < 1.29 is 9.90 Å². The van der Waals surface area contributed by atoms with Crippen LogP contribution in [0, 0.1) is 6.92 Å². The molecule has 2 aromatic rings. The van der Waals surface area contributed by atoms with E-state index in [0.29, 0.717) is 6.54 Å². The van der Waals surface area contributed by atoms with Crippen LogP contribution < -0.4 is 0 Å². The van der Waals surface area contributed by atoms with E-state index in [0.717, 1.165) is 35.2 Å². The van der Waals surface area contributed by atoms with Crippen molar-refractivity contribution >= 4 is 5.91 Å². The lowest BCUT2D eigenvalue weighted by Crippen LogP contribution is -2.34. The molecular formula is C19H21NO2. The van der Waals surface area contributed by atoms with Gasteiger partial charge in [-0.15, -0.1) is 0 Å². The number of aliphatic hydroxyl groups excluding tert-OH is 1. The number of fused-ring (bicyclic) bond motifs is 1. The van der Waals surface area contributed by atoms with Crippen LogP contribution >= 0.6 is 0 Å². The number of hydrogen-bond acceptors (Lipinski definition) is 2. The summed E-state index contributed by atoms with van der Waals surface area (Å²) in [5, 5.41) is 10.7. The molecule has 1 aliphatic rings. The zero-order chi connectivity index (χ0) is 15.7. The van der Waals surface area contributed by atoms with Crippen LogP contribution in [0.25, 0.3) is 0 Å². The van der Waals surface area contributed by atoms with Gasteiger partial charge in [0.2, 0.25) is 5.91 Å². The molecule has 0 aromatic heterocycles. The molecule has 0 spiro atoms. The van der Waals surface area contributed by atoms with E-state index in [9.17, 15) is 9.90 Å². The quantitative estimate of drug-likeness (QED) is 0.925. The lowest BCUT2D eigenvalue weighted by molar-refractivity contribution is -0.129. The minimum Gasteiger partial charge on any atom is -0.384 e. The lowest BCUT2D eigenvalue weighted by atomic mass is 9.92. The van der Waals surface area contributed by atoms with Gasteiger partial charge in [0.1, 0.15) is 6.10 Å². The van der Waals surface area contributed by atoms with Gasteiger partial charge in [-0.1, -0.05) is 42.5 Å². The summed E-state index contributed by atoms with van der Waals surface area (Å²) in [6.45, 7) is 5.03. The van der Waals surface area contributed by atoms with Gasteiger partial charge in [0.05, 0.1) is 0 Å². The van der Waals surface area contributed by atoms with Gasteiger partial charge in [-0.25, -0.2) is 0 Å². The van der Waals surface area contributed by atoms with E-state index in [1.807, 2.05) is 48.2 Å². The van der Waals surface area contributed by atoms with Crippen LogP contribution in [0.15, 0.2) is 42.5 Å². The summed E-state index contributed by atoms with van der Waals surface area (Å²) >= 11 is 0. The third-order valence-corrected chi connectivity index (χ3v) is 4.49. The van der Waals surface area contributed by atoms with Crippen molar-refractivity contribution in [1.29, 1.82) is 0 Å². The third-order valence-electron chi connectivity index (χ3n) is 4.49. The van der Waals surface area contributed by atoms with E-state index in [1.165, 1.54) is 5.56 Å². The van der Waals surface area contributed by atoms with E-state index in [4.69, 9.17) is 0 Å². The minimum absolute atomic E-state index is 0.107. The Morgan fingerprint density at radius 3 is 2.68 bits per heavy atom. The molecule has 0 bridgehead atoms. The molecule has 0 saturated carbocycles. The first-order valence-electron chi connectivity index (χ1n) is 7.67. The molecule has 1 aliphatic heterocycles. The number of aliphatic hydroxyl groups is 1. The molecule has 3 rings (SSSR count). The Balaban J connectivity index is 1.92. The molecule has 0 saturated heterocycles. The summed E-state index contributed by atoms with van der Waals surface area (Å²) in [5.74, 6) is 0.107. The number of aryl methyl sites for hydroxylation is 1. The van der Waals surface area contributed by atoms with Crippen molar-refractivity contribution in [3.8, 4) is 0 Å². The van der Waals surface area contributed by atoms with Gasteiger partial charge >= 0.3 is 0 Å². The first-order valence-corrected chi connectivity index (χ1v) is 7.67. The fraction of sp³-hybridized carbons (Fsp3) is 0.316. The zero-order valence-corrected chi connectivity index (χ0v) is 13.0. The van der Waals surface area contributed by atoms with Crippen molar-refractivity contribution in [3.63, 3.8) is 0 Å². The highest BCUT2D eigenvalue weighted by Gasteiger charge is 2.20. The predicted octanol–water partition coefficient (Wildman–Crippen LogP) is 2.98. The fourth-order valence-corrected chi connectivity index (χ4v) is 3.09. The van der Waals surface area contributed by atoms with Gasteiger partial charge in [-0.2, -0.15) is 0 Å². The summed E-state index contributed by atoms with van der Waals surface area (Å²) in [6, 6.07) is 14.0. The van der Waals surface area contributed by atoms with E-state index in [-0.39, 0.29) is 5.91 Å². The van der Waals surface area contributed by atoms with Crippen LogP contribution in [0.3, 0.4) is 0 Å². The molecule has 22 heavy (non-hydrogen) atoms.